The van der Waals surface area contributed by atoms with Crippen LogP contribution in [0.15, 0.2) is 24.3 Å². The topological polar surface area (TPSA) is 75.6 Å². The molecular formula is C16H19F2NO4. The predicted molar refractivity (Wildman–Crippen MR) is 79.7 cm³/mol. The molecule has 0 aliphatic heterocycles. The van der Waals surface area contributed by atoms with Crippen molar-refractivity contribution in [2.24, 2.45) is 11.8 Å². The zero-order valence-corrected chi connectivity index (χ0v) is 12.5. The molecule has 0 atom stereocenters. The third-order valence-corrected chi connectivity index (χ3v) is 3.96. The summed E-state index contributed by atoms with van der Waals surface area (Å²) in [4.78, 5) is 23.2. The number of anilines is 1. The highest BCUT2D eigenvalue weighted by molar-refractivity contribution is 5.94. The first-order valence-electron chi connectivity index (χ1n) is 7.51. The molecule has 0 spiro atoms. The Bertz CT molecular complexity index is 557. The molecule has 0 saturated heterocycles. The summed E-state index contributed by atoms with van der Waals surface area (Å²) in [6.45, 7) is -0.739. The average Bonchev–Trinajstić information content (AvgIpc) is 2.54. The van der Waals surface area contributed by atoms with Crippen molar-refractivity contribution in [2.45, 2.75) is 32.1 Å². The Morgan fingerprint density at radius 2 is 1.78 bits per heavy atom. The minimum Gasteiger partial charge on any atom is -0.485 e. The van der Waals surface area contributed by atoms with Gasteiger partial charge in [-0.3, -0.25) is 9.59 Å². The normalized spacial score (nSPS) is 21.0. The summed E-state index contributed by atoms with van der Waals surface area (Å²) in [5.41, 5.74) is 0.346. The molecule has 0 bridgehead atoms. The van der Waals surface area contributed by atoms with Gasteiger partial charge in [-0.2, -0.15) is 0 Å². The van der Waals surface area contributed by atoms with Crippen LogP contribution in [-0.2, 0) is 9.59 Å². The Morgan fingerprint density at radius 1 is 1.17 bits per heavy atom. The minimum atomic E-state index is -2.59. The third-order valence-electron chi connectivity index (χ3n) is 3.96. The number of hydrogen-bond donors (Lipinski definition) is 2. The molecule has 1 amide bonds. The van der Waals surface area contributed by atoms with E-state index in [0.717, 1.165) is 0 Å². The Kier molecular flexibility index (Phi) is 5.90. The Balaban J connectivity index is 1.94. The van der Waals surface area contributed by atoms with Gasteiger partial charge in [0.2, 0.25) is 5.91 Å². The number of nitrogens with one attached hydrogen (secondary N) is 1. The summed E-state index contributed by atoms with van der Waals surface area (Å²) in [5.74, 6) is -1.52. The number of carbonyl (C=O) groups is 2. The van der Waals surface area contributed by atoms with Crippen molar-refractivity contribution in [3.63, 3.8) is 0 Å². The fourth-order valence-electron chi connectivity index (χ4n) is 2.69. The number of ether oxygens (including phenoxy) is 1. The molecule has 0 heterocycles. The van der Waals surface area contributed by atoms with E-state index in [1.165, 1.54) is 6.07 Å². The van der Waals surface area contributed by atoms with Crippen LogP contribution in [0.4, 0.5) is 14.5 Å². The number of hydrogen-bond acceptors (Lipinski definition) is 3. The molecule has 23 heavy (non-hydrogen) atoms. The number of halogens is 2. The Labute approximate surface area is 132 Å². The number of carboxylic acid groups (broad SMARTS) is 1. The van der Waals surface area contributed by atoms with Crippen molar-refractivity contribution in [3.8, 4) is 5.75 Å². The maximum absolute atomic E-state index is 12.3. The van der Waals surface area contributed by atoms with Gasteiger partial charge < -0.3 is 15.2 Å². The number of benzene rings is 1. The van der Waals surface area contributed by atoms with Gasteiger partial charge in [-0.25, -0.2) is 8.78 Å². The first-order valence-corrected chi connectivity index (χ1v) is 7.51. The molecule has 1 saturated carbocycles. The molecule has 1 fully saturated rings. The second-order valence-electron chi connectivity index (χ2n) is 5.57. The molecule has 5 nitrogen and oxygen atoms in total. The molecule has 1 aliphatic rings. The van der Waals surface area contributed by atoms with Crippen LogP contribution in [0.5, 0.6) is 5.75 Å². The van der Waals surface area contributed by atoms with E-state index in [1.807, 2.05) is 0 Å². The summed E-state index contributed by atoms with van der Waals surface area (Å²) in [6, 6.07) is 6.40. The number of para-hydroxylation sites is 2. The zero-order valence-electron chi connectivity index (χ0n) is 12.5. The van der Waals surface area contributed by atoms with E-state index in [-0.39, 0.29) is 23.5 Å². The quantitative estimate of drug-likeness (QED) is 0.841. The van der Waals surface area contributed by atoms with Crippen molar-refractivity contribution < 1.29 is 28.2 Å². The summed E-state index contributed by atoms with van der Waals surface area (Å²) in [5, 5.41) is 11.7. The Morgan fingerprint density at radius 3 is 2.39 bits per heavy atom. The van der Waals surface area contributed by atoms with Crippen molar-refractivity contribution in [3.05, 3.63) is 24.3 Å². The Hall–Kier alpha value is -2.18. The van der Waals surface area contributed by atoms with Gasteiger partial charge in [0.15, 0.2) is 0 Å². The minimum absolute atomic E-state index is 0.195. The van der Waals surface area contributed by atoms with Gasteiger partial charge in [0.25, 0.3) is 6.43 Å². The SMILES string of the molecule is O=C(O)C1CCC(C(=O)Nc2ccccc2OCC(F)F)CC1. The van der Waals surface area contributed by atoms with Gasteiger partial charge >= 0.3 is 5.97 Å². The van der Waals surface area contributed by atoms with Crippen LogP contribution in [0.2, 0.25) is 0 Å². The molecule has 2 N–H and O–H groups in total. The summed E-state index contributed by atoms with van der Waals surface area (Å²) in [6.07, 6.45) is -0.648. The highest BCUT2D eigenvalue weighted by atomic mass is 19.3. The van der Waals surface area contributed by atoms with Crippen LogP contribution in [0.3, 0.4) is 0 Å². The molecule has 0 unspecified atom stereocenters. The van der Waals surface area contributed by atoms with Gasteiger partial charge in [0, 0.05) is 5.92 Å². The van der Waals surface area contributed by atoms with E-state index in [4.69, 9.17) is 9.84 Å². The standard InChI is InChI=1S/C16H19F2NO4/c17-14(18)9-23-13-4-2-1-3-12(13)19-15(20)10-5-7-11(8-6-10)16(21)22/h1-4,10-11,14H,5-9H2,(H,19,20)(H,21,22). The first kappa shape index (κ1) is 17.2. The molecule has 0 aromatic heterocycles. The lowest BCUT2D eigenvalue weighted by Crippen LogP contribution is -2.29. The summed E-state index contributed by atoms with van der Waals surface area (Å²) < 4.78 is 29.5. The molecule has 1 aromatic carbocycles. The van der Waals surface area contributed by atoms with Gasteiger partial charge in [-0.15, -0.1) is 0 Å². The van der Waals surface area contributed by atoms with Gasteiger partial charge in [0.05, 0.1) is 11.6 Å². The predicted octanol–water partition coefficient (Wildman–Crippen LogP) is 3.16. The number of rotatable bonds is 6. The highest BCUT2D eigenvalue weighted by Gasteiger charge is 2.30. The molecule has 0 radical (unpaired) electrons. The highest BCUT2D eigenvalue weighted by Crippen LogP contribution is 2.31. The van der Waals surface area contributed by atoms with Crippen LogP contribution in [-0.4, -0.2) is 30.0 Å². The fourth-order valence-corrected chi connectivity index (χ4v) is 2.69. The van der Waals surface area contributed by atoms with E-state index in [1.54, 1.807) is 18.2 Å². The molecule has 126 valence electrons. The number of alkyl halides is 2. The van der Waals surface area contributed by atoms with Crippen molar-refractivity contribution in [1.82, 2.24) is 0 Å². The average molecular weight is 327 g/mol. The van der Waals surface area contributed by atoms with Gasteiger partial charge in [0.1, 0.15) is 12.4 Å². The lowest BCUT2D eigenvalue weighted by atomic mass is 9.81. The van der Waals surface area contributed by atoms with E-state index >= 15 is 0 Å². The first-order chi connectivity index (χ1) is 11.0. The molecular weight excluding hydrogens is 308 g/mol. The van der Waals surface area contributed by atoms with Crippen molar-refractivity contribution >= 4 is 17.6 Å². The largest absolute Gasteiger partial charge is 0.485 e. The lowest BCUT2D eigenvalue weighted by Gasteiger charge is -2.25. The van der Waals surface area contributed by atoms with E-state index in [9.17, 15) is 18.4 Å². The molecule has 2 rings (SSSR count). The monoisotopic (exact) mass is 327 g/mol. The maximum Gasteiger partial charge on any atom is 0.306 e. The second kappa shape index (κ2) is 7.89. The van der Waals surface area contributed by atoms with Crippen LogP contribution in [0, 0.1) is 11.8 Å². The van der Waals surface area contributed by atoms with Crippen LogP contribution in [0.25, 0.3) is 0 Å². The van der Waals surface area contributed by atoms with E-state index in [0.29, 0.717) is 31.4 Å². The van der Waals surface area contributed by atoms with E-state index in [2.05, 4.69) is 5.32 Å². The lowest BCUT2D eigenvalue weighted by molar-refractivity contribution is -0.143. The second-order valence-corrected chi connectivity index (χ2v) is 5.57. The van der Waals surface area contributed by atoms with E-state index < -0.39 is 19.0 Å². The number of carbonyl (C=O) groups excluding carboxylic acids is 1. The number of amides is 1. The third kappa shape index (κ3) is 4.91. The van der Waals surface area contributed by atoms with Crippen LogP contribution in [0.1, 0.15) is 25.7 Å². The van der Waals surface area contributed by atoms with Gasteiger partial charge in [-0.1, -0.05) is 12.1 Å². The van der Waals surface area contributed by atoms with Crippen molar-refractivity contribution in [2.75, 3.05) is 11.9 Å². The maximum atomic E-state index is 12.3. The van der Waals surface area contributed by atoms with Crippen LogP contribution < -0.4 is 10.1 Å². The van der Waals surface area contributed by atoms with Crippen LogP contribution >= 0.6 is 0 Å². The number of carboxylic acids is 1. The summed E-state index contributed by atoms with van der Waals surface area (Å²) >= 11 is 0. The van der Waals surface area contributed by atoms with Gasteiger partial charge in [-0.05, 0) is 37.8 Å². The van der Waals surface area contributed by atoms with Crippen molar-refractivity contribution in [1.29, 1.82) is 0 Å². The molecule has 7 heteroatoms. The fraction of sp³-hybridized carbons (Fsp3) is 0.500. The smallest absolute Gasteiger partial charge is 0.306 e. The molecule has 1 aliphatic carbocycles. The number of aliphatic carboxylic acids is 1. The summed E-state index contributed by atoms with van der Waals surface area (Å²) in [7, 11) is 0. The zero-order chi connectivity index (χ0) is 16.8. The molecule has 1 aromatic rings.